The number of likely N-dealkylation sites (N-methyl/N-ethyl adjacent to an activating group) is 1. The normalized spacial score (nSPS) is 12.2. The van der Waals surface area contributed by atoms with Gasteiger partial charge in [0.2, 0.25) is 0 Å². The molecule has 0 aromatic heterocycles. The Morgan fingerprint density at radius 3 is 2.35 bits per heavy atom. The van der Waals surface area contributed by atoms with E-state index in [4.69, 9.17) is 9.47 Å². The number of methoxy groups -OCH3 is 2. The van der Waals surface area contributed by atoms with E-state index in [-0.39, 0.29) is 35.8 Å². The first-order valence-corrected chi connectivity index (χ1v) is 9.97. The molecule has 0 aliphatic carbocycles. The maximum Gasteiger partial charge on any atom is 0.191 e. The molecule has 0 saturated heterocycles. The third kappa shape index (κ3) is 7.84. The molecule has 0 saturated carbocycles. The lowest BCUT2D eigenvalue weighted by Gasteiger charge is -2.26. The van der Waals surface area contributed by atoms with Crippen molar-refractivity contribution in [2.24, 2.45) is 4.99 Å². The van der Waals surface area contributed by atoms with Crippen LogP contribution in [0, 0.1) is 12.7 Å². The Morgan fingerprint density at radius 2 is 1.77 bits per heavy atom. The molecule has 1 unspecified atom stereocenters. The van der Waals surface area contributed by atoms with Gasteiger partial charge in [0.25, 0.3) is 0 Å². The quantitative estimate of drug-likeness (QED) is 0.286. The predicted molar refractivity (Wildman–Crippen MR) is 136 cm³/mol. The summed E-state index contributed by atoms with van der Waals surface area (Å²) >= 11 is 0. The number of guanidine groups is 1. The highest BCUT2D eigenvalue weighted by Gasteiger charge is 2.17. The summed E-state index contributed by atoms with van der Waals surface area (Å²) in [6, 6.07) is 11.0. The van der Waals surface area contributed by atoms with E-state index >= 15 is 0 Å². The number of ether oxygens (including phenoxy) is 2. The molecule has 0 amide bonds. The van der Waals surface area contributed by atoms with Gasteiger partial charge in [-0.1, -0.05) is 12.1 Å². The summed E-state index contributed by atoms with van der Waals surface area (Å²) in [5, 5.41) is 6.72. The van der Waals surface area contributed by atoms with Crippen molar-refractivity contribution in [3.8, 4) is 11.5 Å². The van der Waals surface area contributed by atoms with Crippen LogP contribution < -0.4 is 20.1 Å². The summed E-state index contributed by atoms with van der Waals surface area (Å²) < 4.78 is 24.0. The van der Waals surface area contributed by atoms with Gasteiger partial charge in [0, 0.05) is 20.1 Å². The minimum atomic E-state index is -0.202. The van der Waals surface area contributed by atoms with Crippen LogP contribution in [0.25, 0.3) is 0 Å². The minimum Gasteiger partial charge on any atom is -0.493 e. The van der Waals surface area contributed by atoms with Gasteiger partial charge in [-0.05, 0) is 68.4 Å². The zero-order valence-corrected chi connectivity index (χ0v) is 21.5. The number of hydrogen-bond acceptors (Lipinski definition) is 4. The maximum atomic E-state index is 13.3. The van der Waals surface area contributed by atoms with Crippen molar-refractivity contribution in [2.75, 3.05) is 48.5 Å². The number of benzene rings is 2. The van der Waals surface area contributed by atoms with Crippen LogP contribution in [-0.4, -0.2) is 59.3 Å². The average Bonchev–Trinajstić information content (AvgIpc) is 2.73. The van der Waals surface area contributed by atoms with Crippen LogP contribution in [0.3, 0.4) is 0 Å². The van der Waals surface area contributed by atoms with Crippen molar-refractivity contribution in [3.63, 3.8) is 0 Å². The molecule has 1 atom stereocenters. The molecule has 31 heavy (non-hydrogen) atoms. The number of halogens is 2. The number of aryl methyl sites for hydroxylation is 1. The number of aliphatic imine (C=N–C) groups is 1. The van der Waals surface area contributed by atoms with Crippen molar-refractivity contribution in [1.82, 2.24) is 15.5 Å². The van der Waals surface area contributed by atoms with Gasteiger partial charge in [-0.2, -0.15) is 0 Å². The molecule has 0 heterocycles. The van der Waals surface area contributed by atoms with Gasteiger partial charge in [-0.3, -0.25) is 4.99 Å². The average molecular weight is 544 g/mol. The summed E-state index contributed by atoms with van der Waals surface area (Å²) in [4.78, 5) is 6.46. The Hall–Kier alpha value is -2.07. The molecule has 2 N–H and O–H groups in total. The zero-order valence-electron chi connectivity index (χ0n) is 19.2. The molecule has 0 radical (unpaired) electrons. The van der Waals surface area contributed by atoms with Gasteiger partial charge in [0.15, 0.2) is 17.5 Å². The summed E-state index contributed by atoms with van der Waals surface area (Å²) in [6.07, 6.45) is 0.791. The Labute approximate surface area is 202 Å². The monoisotopic (exact) mass is 544 g/mol. The summed E-state index contributed by atoms with van der Waals surface area (Å²) in [7, 11) is 9.09. The van der Waals surface area contributed by atoms with Crippen molar-refractivity contribution in [2.45, 2.75) is 19.4 Å². The number of nitrogens with one attached hydrogen (secondary N) is 2. The lowest BCUT2D eigenvalue weighted by atomic mass is 10.0. The molecule has 0 spiro atoms. The molecule has 2 rings (SSSR count). The second-order valence-electron chi connectivity index (χ2n) is 7.29. The largest absolute Gasteiger partial charge is 0.493 e. The van der Waals surface area contributed by atoms with E-state index in [1.807, 2.05) is 45.3 Å². The Bertz CT molecular complexity index is 861. The van der Waals surface area contributed by atoms with Crippen LogP contribution in [0.1, 0.15) is 22.7 Å². The van der Waals surface area contributed by atoms with Gasteiger partial charge >= 0.3 is 0 Å². The highest BCUT2D eigenvalue weighted by atomic mass is 127. The zero-order chi connectivity index (χ0) is 22.1. The fourth-order valence-electron chi connectivity index (χ4n) is 3.33. The second kappa shape index (κ2) is 13.4. The number of nitrogens with zero attached hydrogens (tertiary/aromatic N) is 2. The smallest absolute Gasteiger partial charge is 0.191 e. The highest BCUT2D eigenvalue weighted by Crippen LogP contribution is 2.31. The van der Waals surface area contributed by atoms with E-state index in [2.05, 4.69) is 20.5 Å². The Balaban J connectivity index is 0.00000480. The molecule has 2 aromatic carbocycles. The van der Waals surface area contributed by atoms with E-state index in [1.54, 1.807) is 27.3 Å². The van der Waals surface area contributed by atoms with Crippen molar-refractivity contribution >= 4 is 29.9 Å². The molecule has 8 heteroatoms. The molecule has 6 nitrogen and oxygen atoms in total. The van der Waals surface area contributed by atoms with Crippen LogP contribution >= 0.6 is 24.0 Å². The van der Waals surface area contributed by atoms with Crippen molar-refractivity contribution in [1.29, 1.82) is 0 Å². The SMILES string of the molecule is CN=C(NCCc1ccc(F)cc1C)NCC(c1ccc(OC)c(OC)c1)N(C)C.I. The molecule has 0 aliphatic heterocycles. The highest BCUT2D eigenvalue weighted by molar-refractivity contribution is 14.0. The van der Waals surface area contributed by atoms with Gasteiger partial charge in [0.1, 0.15) is 5.82 Å². The first kappa shape index (κ1) is 27.0. The molecular formula is C23H34FIN4O2. The molecule has 0 bridgehead atoms. The lowest BCUT2D eigenvalue weighted by Crippen LogP contribution is -2.42. The first-order valence-electron chi connectivity index (χ1n) is 9.97. The Kier molecular flexibility index (Phi) is 11.6. The van der Waals surface area contributed by atoms with Gasteiger partial charge < -0.3 is 25.0 Å². The van der Waals surface area contributed by atoms with Crippen molar-refractivity contribution in [3.05, 3.63) is 58.9 Å². The second-order valence-corrected chi connectivity index (χ2v) is 7.29. The van der Waals surface area contributed by atoms with Gasteiger partial charge in [-0.25, -0.2) is 4.39 Å². The third-order valence-corrected chi connectivity index (χ3v) is 5.09. The molecule has 0 fully saturated rings. The van der Waals surface area contributed by atoms with Gasteiger partial charge in [0.05, 0.1) is 20.3 Å². The molecular weight excluding hydrogens is 510 g/mol. The predicted octanol–water partition coefficient (Wildman–Crippen LogP) is 3.78. The van der Waals surface area contributed by atoms with Crippen LogP contribution in [-0.2, 0) is 6.42 Å². The van der Waals surface area contributed by atoms with E-state index in [0.717, 1.165) is 29.1 Å². The third-order valence-electron chi connectivity index (χ3n) is 5.09. The van der Waals surface area contributed by atoms with Gasteiger partial charge in [-0.15, -0.1) is 24.0 Å². The Morgan fingerprint density at radius 1 is 1.06 bits per heavy atom. The molecule has 2 aromatic rings. The lowest BCUT2D eigenvalue weighted by molar-refractivity contribution is 0.295. The van der Waals surface area contributed by atoms with Crippen LogP contribution in [0.2, 0.25) is 0 Å². The van der Waals surface area contributed by atoms with E-state index in [0.29, 0.717) is 24.6 Å². The summed E-state index contributed by atoms with van der Waals surface area (Å²) in [5.74, 6) is 1.94. The summed E-state index contributed by atoms with van der Waals surface area (Å²) in [5.41, 5.74) is 3.19. The van der Waals surface area contributed by atoms with E-state index in [1.165, 1.54) is 6.07 Å². The minimum absolute atomic E-state index is 0. The van der Waals surface area contributed by atoms with E-state index in [9.17, 15) is 4.39 Å². The standard InChI is InChI=1S/C23H33FN4O2.HI/c1-16-13-19(24)9-7-17(16)11-12-26-23(25-2)27-15-20(28(3)4)18-8-10-21(29-5)22(14-18)30-6;/h7-10,13-14,20H,11-12,15H2,1-6H3,(H2,25,26,27);1H. The van der Waals surface area contributed by atoms with Crippen LogP contribution in [0.4, 0.5) is 4.39 Å². The molecule has 172 valence electrons. The molecule has 0 aliphatic rings. The maximum absolute atomic E-state index is 13.3. The number of rotatable bonds is 9. The number of hydrogen-bond donors (Lipinski definition) is 2. The summed E-state index contributed by atoms with van der Waals surface area (Å²) in [6.45, 7) is 3.29. The topological polar surface area (TPSA) is 58.1 Å². The fourth-order valence-corrected chi connectivity index (χ4v) is 3.33. The first-order chi connectivity index (χ1) is 14.4. The van der Waals surface area contributed by atoms with Crippen molar-refractivity contribution < 1.29 is 13.9 Å². The van der Waals surface area contributed by atoms with E-state index < -0.39 is 0 Å². The van der Waals surface area contributed by atoms with Crippen LogP contribution in [0.15, 0.2) is 41.4 Å². The fraction of sp³-hybridized carbons (Fsp3) is 0.435. The van der Waals surface area contributed by atoms with Crippen LogP contribution in [0.5, 0.6) is 11.5 Å².